The fourth-order valence-electron chi connectivity index (χ4n) is 1.81. The van der Waals surface area contributed by atoms with Crippen molar-refractivity contribution in [3.05, 3.63) is 54.5 Å². The minimum atomic E-state index is -1.22. The monoisotopic (exact) mass is 282 g/mol. The number of pyridine rings is 1. The molecule has 0 spiro atoms. The Morgan fingerprint density at radius 1 is 1.14 bits per heavy atom. The molecule has 3 rings (SSSR count). The highest BCUT2D eigenvalue weighted by atomic mass is 16.5. The second kappa shape index (κ2) is 5.41. The van der Waals surface area contributed by atoms with Gasteiger partial charge in [0.1, 0.15) is 5.75 Å². The van der Waals surface area contributed by atoms with E-state index < -0.39 is 5.97 Å². The molecule has 2 heterocycles. The van der Waals surface area contributed by atoms with Crippen molar-refractivity contribution >= 4 is 5.97 Å². The lowest BCUT2D eigenvalue weighted by atomic mass is 10.1. The largest absolute Gasteiger partial charge is 0.476 e. The van der Waals surface area contributed by atoms with E-state index in [9.17, 15) is 4.79 Å². The number of nitrogens with zero attached hydrogens (tertiary/aromatic N) is 3. The molecule has 7 heteroatoms. The number of carboxylic acid groups (broad SMARTS) is 1. The van der Waals surface area contributed by atoms with Crippen molar-refractivity contribution in [2.24, 2.45) is 0 Å². The Morgan fingerprint density at radius 2 is 1.95 bits per heavy atom. The second-order valence-electron chi connectivity index (χ2n) is 4.17. The third-order valence-electron chi connectivity index (χ3n) is 2.76. The van der Waals surface area contributed by atoms with Crippen LogP contribution in [0.2, 0.25) is 0 Å². The third-order valence-corrected chi connectivity index (χ3v) is 2.76. The van der Waals surface area contributed by atoms with Crippen LogP contribution in [-0.2, 0) is 0 Å². The number of hydrogen-bond acceptors (Lipinski definition) is 5. The van der Waals surface area contributed by atoms with Gasteiger partial charge in [0, 0.05) is 11.8 Å². The molecule has 0 saturated carbocycles. The molecule has 0 radical (unpaired) electrons. The standard InChI is InChI=1S/C14H10N4O3/c19-14(20)12-13(17-18-16-12)21-11-6-10(7-15-8-11)9-4-2-1-3-5-9/h1-8H,(H,19,20)(H,16,17,18). The van der Waals surface area contributed by atoms with E-state index in [1.165, 1.54) is 6.20 Å². The Labute approximate surface area is 119 Å². The minimum absolute atomic E-state index is 0.0329. The zero-order valence-electron chi connectivity index (χ0n) is 10.7. The van der Waals surface area contributed by atoms with E-state index >= 15 is 0 Å². The van der Waals surface area contributed by atoms with Crippen molar-refractivity contribution in [3.63, 3.8) is 0 Å². The maximum atomic E-state index is 10.9. The van der Waals surface area contributed by atoms with Crippen molar-refractivity contribution in [2.45, 2.75) is 0 Å². The van der Waals surface area contributed by atoms with Crippen molar-refractivity contribution in [3.8, 4) is 22.8 Å². The van der Waals surface area contributed by atoms with Gasteiger partial charge in [-0.15, -0.1) is 5.10 Å². The normalized spacial score (nSPS) is 10.3. The van der Waals surface area contributed by atoms with E-state index in [1.54, 1.807) is 12.3 Å². The average Bonchev–Trinajstić information content (AvgIpc) is 2.97. The summed E-state index contributed by atoms with van der Waals surface area (Å²) in [5.74, 6) is -0.856. The summed E-state index contributed by atoms with van der Waals surface area (Å²) in [7, 11) is 0. The summed E-state index contributed by atoms with van der Waals surface area (Å²) in [4.78, 5) is 15.0. The van der Waals surface area contributed by atoms with Gasteiger partial charge in [-0.3, -0.25) is 4.98 Å². The Kier molecular flexibility index (Phi) is 3.30. The molecule has 3 aromatic rings. The molecule has 7 nitrogen and oxygen atoms in total. The number of ether oxygens (including phenoxy) is 1. The Hall–Kier alpha value is -3.22. The second-order valence-corrected chi connectivity index (χ2v) is 4.17. The van der Waals surface area contributed by atoms with Gasteiger partial charge in [-0.25, -0.2) is 9.89 Å². The van der Waals surface area contributed by atoms with Gasteiger partial charge >= 0.3 is 5.97 Å². The van der Waals surface area contributed by atoms with Crippen molar-refractivity contribution in [2.75, 3.05) is 0 Å². The minimum Gasteiger partial charge on any atom is -0.476 e. The first-order chi connectivity index (χ1) is 10.2. The third kappa shape index (κ3) is 2.71. The van der Waals surface area contributed by atoms with Crippen LogP contribution in [0.3, 0.4) is 0 Å². The predicted molar refractivity (Wildman–Crippen MR) is 73.1 cm³/mol. The summed E-state index contributed by atoms with van der Waals surface area (Å²) in [6.07, 6.45) is 3.18. The van der Waals surface area contributed by atoms with Crippen LogP contribution in [0.15, 0.2) is 48.8 Å². The fourth-order valence-corrected chi connectivity index (χ4v) is 1.81. The van der Waals surface area contributed by atoms with Gasteiger partial charge in [0.25, 0.3) is 5.88 Å². The van der Waals surface area contributed by atoms with Gasteiger partial charge < -0.3 is 9.84 Å². The maximum absolute atomic E-state index is 10.9. The molecule has 0 aliphatic carbocycles. The molecular weight excluding hydrogens is 272 g/mol. The summed E-state index contributed by atoms with van der Waals surface area (Å²) in [5, 5.41) is 18.2. The lowest BCUT2D eigenvalue weighted by Gasteiger charge is -2.05. The molecule has 2 aromatic heterocycles. The molecular formula is C14H10N4O3. The summed E-state index contributed by atoms with van der Waals surface area (Å²) in [6.45, 7) is 0. The molecule has 0 atom stereocenters. The SMILES string of the molecule is O=C(O)c1nn[nH]c1Oc1cncc(-c2ccccc2)c1. The average molecular weight is 282 g/mol. The predicted octanol–water partition coefficient (Wildman–Crippen LogP) is 2.36. The molecule has 0 fully saturated rings. The molecule has 0 saturated heterocycles. The number of benzene rings is 1. The smallest absolute Gasteiger partial charge is 0.362 e. The topological polar surface area (TPSA) is 101 Å². The van der Waals surface area contributed by atoms with E-state index in [-0.39, 0.29) is 11.6 Å². The van der Waals surface area contributed by atoms with E-state index in [0.29, 0.717) is 5.75 Å². The number of H-pyrrole nitrogens is 1. The quantitative estimate of drug-likeness (QED) is 0.761. The van der Waals surface area contributed by atoms with Crippen LogP contribution in [0.1, 0.15) is 10.5 Å². The van der Waals surface area contributed by atoms with Crippen LogP contribution in [0, 0.1) is 0 Å². The molecule has 2 N–H and O–H groups in total. The lowest BCUT2D eigenvalue weighted by Crippen LogP contribution is -1.99. The first-order valence-corrected chi connectivity index (χ1v) is 6.06. The van der Waals surface area contributed by atoms with Gasteiger partial charge in [0.2, 0.25) is 5.69 Å². The molecule has 1 aromatic carbocycles. The van der Waals surface area contributed by atoms with E-state index in [4.69, 9.17) is 9.84 Å². The zero-order chi connectivity index (χ0) is 14.7. The molecule has 0 unspecified atom stereocenters. The number of hydrogen-bond donors (Lipinski definition) is 2. The molecule has 0 aliphatic heterocycles. The summed E-state index contributed by atoms with van der Waals surface area (Å²) >= 11 is 0. The van der Waals surface area contributed by atoms with Crippen LogP contribution in [0.5, 0.6) is 11.6 Å². The van der Waals surface area contributed by atoms with Crippen LogP contribution in [-0.4, -0.2) is 31.5 Å². The van der Waals surface area contributed by atoms with Gasteiger partial charge in [-0.05, 0) is 11.6 Å². The van der Waals surface area contributed by atoms with Gasteiger partial charge in [-0.2, -0.15) is 0 Å². The number of aromatic nitrogens is 4. The Morgan fingerprint density at radius 3 is 2.71 bits per heavy atom. The van der Waals surface area contributed by atoms with Crippen LogP contribution in [0.25, 0.3) is 11.1 Å². The molecule has 21 heavy (non-hydrogen) atoms. The first-order valence-electron chi connectivity index (χ1n) is 6.06. The van der Waals surface area contributed by atoms with E-state index in [2.05, 4.69) is 20.4 Å². The Bertz CT molecular complexity index is 771. The van der Waals surface area contributed by atoms with E-state index in [0.717, 1.165) is 11.1 Å². The van der Waals surface area contributed by atoms with Crippen LogP contribution >= 0.6 is 0 Å². The number of aromatic carboxylic acids is 1. The molecule has 0 bridgehead atoms. The maximum Gasteiger partial charge on any atom is 0.362 e. The van der Waals surface area contributed by atoms with Crippen LogP contribution in [0.4, 0.5) is 0 Å². The highest BCUT2D eigenvalue weighted by molar-refractivity contribution is 5.87. The summed E-state index contributed by atoms with van der Waals surface area (Å²) in [6, 6.07) is 11.4. The highest BCUT2D eigenvalue weighted by Crippen LogP contribution is 2.26. The van der Waals surface area contributed by atoms with Crippen molar-refractivity contribution in [1.82, 2.24) is 20.4 Å². The number of nitrogens with one attached hydrogen (secondary N) is 1. The summed E-state index contributed by atoms with van der Waals surface area (Å²) < 4.78 is 5.45. The van der Waals surface area contributed by atoms with E-state index in [1.807, 2.05) is 30.3 Å². The highest BCUT2D eigenvalue weighted by Gasteiger charge is 2.17. The Balaban J connectivity index is 1.90. The molecule has 0 amide bonds. The number of carboxylic acids is 1. The lowest BCUT2D eigenvalue weighted by molar-refractivity contribution is 0.0687. The first kappa shape index (κ1) is 12.8. The zero-order valence-corrected chi connectivity index (χ0v) is 10.7. The number of aromatic amines is 1. The van der Waals surface area contributed by atoms with Gasteiger partial charge in [0.05, 0.1) is 6.20 Å². The van der Waals surface area contributed by atoms with Gasteiger partial charge in [-0.1, -0.05) is 35.5 Å². The van der Waals surface area contributed by atoms with Crippen LogP contribution < -0.4 is 4.74 Å². The molecule has 104 valence electrons. The van der Waals surface area contributed by atoms with Crippen molar-refractivity contribution in [1.29, 1.82) is 0 Å². The van der Waals surface area contributed by atoms with Crippen molar-refractivity contribution < 1.29 is 14.6 Å². The van der Waals surface area contributed by atoms with Gasteiger partial charge in [0.15, 0.2) is 0 Å². The fraction of sp³-hybridized carbons (Fsp3) is 0. The number of carbonyl (C=O) groups is 1. The summed E-state index contributed by atoms with van der Waals surface area (Å²) in [5.41, 5.74) is 1.56. The molecule has 0 aliphatic rings. The number of rotatable bonds is 4.